The molecule has 5 heteroatoms. The maximum atomic E-state index is 12.1. The summed E-state index contributed by atoms with van der Waals surface area (Å²) in [6.45, 7) is 0.769. The van der Waals surface area contributed by atoms with Crippen LogP contribution in [-0.2, 0) is 17.7 Å². The fraction of sp³-hybridized carbons (Fsp3) is 0.267. The van der Waals surface area contributed by atoms with Crippen LogP contribution in [0.1, 0.15) is 5.56 Å². The quantitative estimate of drug-likeness (QED) is 0.827. The summed E-state index contributed by atoms with van der Waals surface area (Å²) in [6.07, 6.45) is 0.0775. The summed E-state index contributed by atoms with van der Waals surface area (Å²) in [5.41, 5.74) is 1.82. The smallest absolute Gasteiger partial charge is 0.271 e. The van der Waals surface area contributed by atoms with Crippen LogP contribution in [0.3, 0.4) is 0 Å². The standard InChI is InChI=1S/C15H15N3O2/c1-20-10-9-18-15(19)13(7-8-16)11-14(17-18)12-5-3-2-4-6-12/h2-6,11H,7,9-10H2,1H3. The molecule has 0 fully saturated rings. The first-order chi connectivity index (χ1) is 9.76. The van der Waals surface area contributed by atoms with Crippen molar-refractivity contribution < 1.29 is 4.74 Å². The summed E-state index contributed by atoms with van der Waals surface area (Å²) in [4.78, 5) is 12.1. The number of rotatable bonds is 5. The molecule has 0 aliphatic rings. The second kappa shape index (κ2) is 6.64. The number of aromatic nitrogens is 2. The molecule has 20 heavy (non-hydrogen) atoms. The molecule has 0 aliphatic carbocycles. The third kappa shape index (κ3) is 3.11. The Morgan fingerprint density at radius 3 is 2.75 bits per heavy atom. The van der Waals surface area contributed by atoms with Gasteiger partial charge in [0.25, 0.3) is 5.56 Å². The topological polar surface area (TPSA) is 67.9 Å². The first-order valence-electron chi connectivity index (χ1n) is 6.28. The van der Waals surface area contributed by atoms with Gasteiger partial charge in [-0.25, -0.2) is 4.68 Å². The maximum Gasteiger partial charge on any atom is 0.271 e. The van der Waals surface area contributed by atoms with Crippen molar-refractivity contribution in [3.8, 4) is 17.3 Å². The summed E-state index contributed by atoms with van der Waals surface area (Å²) >= 11 is 0. The molecule has 2 aromatic rings. The molecule has 5 nitrogen and oxygen atoms in total. The van der Waals surface area contributed by atoms with Gasteiger partial charge in [0, 0.05) is 18.2 Å². The zero-order valence-electron chi connectivity index (χ0n) is 11.2. The Bertz CT molecular complexity index is 672. The van der Waals surface area contributed by atoms with Crippen molar-refractivity contribution in [2.45, 2.75) is 13.0 Å². The largest absolute Gasteiger partial charge is 0.383 e. The molecule has 0 amide bonds. The highest BCUT2D eigenvalue weighted by atomic mass is 16.5. The van der Waals surface area contributed by atoms with Gasteiger partial charge in [0.2, 0.25) is 0 Å². The minimum Gasteiger partial charge on any atom is -0.383 e. The van der Waals surface area contributed by atoms with Gasteiger partial charge in [-0.3, -0.25) is 4.79 Å². The van der Waals surface area contributed by atoms with Crippen molar-refractivity contribution >= 4 is 0 Å². The van der Waals surface area contributed by atoms with E-state index in [1.807, 2.05) is 36.4 Å². The van der Waals surface area contributed by atoms with E-state index < -0.39 is 0 Å². The Morgan fingerprint density at radius 1 is 1.35 bits per heavy atom. The van der Waals surface area contributed by atoms with Crippen LogP contribution in [0.4, 0.5) is 0 Å². The average molecular weight is 269 g/mol. The van der Waals surface area contributed by atoms with E-state index in [1.54, 1.807) is 13.2 Å². The van der Waals surface area contributed by atoms with Crippen molar-refractivity contribution in [1.82, 2.24) is 9.78 Å². The molecule has 1 aromatic heterocycles. The van der Waals surface area contributed by atoms with Crippen molar-refractivity contribution in [2.24, 2.45) is 0 Å². The summed E-state index contributed by atoms with van der Waals surface area (Å²) < 4.78 is 6.34. The van der Waals surface area contributed by atoms with Crippen LogP contribution in [0.25, 0.3) is 11.3 Å². The number of nitrogens with zero attached hydrogens (tertiary/aromatic N) is 3. The van der Waals surface area contributed by atoms with Crippen molar-refractivity contribution in [3.05, 3.63) is 52.3 Å². The zero-order chi connectivity index (χ0) is 14.4. The van der Waals surface area contributed by atoms with E-state index in [1.165, 1.54) is 4.68 Å². The average Bonchev–Trinajstić information content (AvgIpc) is 2.49. The van der Waals surface area contributed by atoms with E-state index in [0.29, 0.717) is 24.4 Å². The van der Waals surface area contributed by atoms with Gasteiger partial charge in [0.1, 0.15) is 0 Å². The van der Waals surface area contributed by atoms with Gasteiger partial charge in [-0.2, -0.15) is 10.4 Å². The van der Waals surface area contributed by atoms with E-state index in [0.717, 1.165) is 5.56 Å². The number of hydrogen-bond acceptors (Lipinski definition) is 4. The van der Waals surface area contributed by atoms with Crippen LogP contribution in [0.5, 0.6) is 0 Å². The normalized spacial score (nSPS) is 10.2. The van der Waals surface area contributed by atoms with Gasteiger partial charge >= 0.3 is 0 Å². The number of hydrogen-bond donors (Lipinski definition) is 0. The van der Waals surface area contributed by atoms with Gasteiger partial charge in [-0.15, -0.1) is 0 Å². The molecular weight excluding hydrogens is 254 g/mol. The lowest BCUT2D eigenvalue weighted by molar-refractivity contribution is 0.182. The number of nitriles is 1. The Balaban J connectivity index is 2.50. The molecule has 0 atom stereocenters. The highest BCUT2D eigenvalue weighted by molar-refractivity contribution is 5.58. The first kappa shape index (κ1) is 14.0. The Hall–Kier alpha value is -2.45. The molecule has 2 rings (SSSR count). The van der Waals surface area contributed by atoms with Gasteiger partial charge in [0.15, 0.2) is 0 Å². The zero-order valence-corrected chi connectivity index (χ0v) is 11.2. The van der Waals surface area contributed by atoms with Crippen molar-refractivity contribution in [3.63, 3.8) is 0 Å². The lowest BCUT2D eigenvalue weighted by Gasteiger charge is -2.09. The van der Waals surface area contributed by atoms with Gasteiger partial charge in [0.05, 0.1) is 31.3 Å². The third-order valence-electron chi connectivity index (χ3n) is 2.89. The lowest BCUT2D eigenvalue weighted by Crippen LogP contribution is -2.28. The molecule has 0 N–H and O–H groups in total. The highest BCUT2D eigenvalue weighted by Gasteiger charge is 2.09. The van der Waals surface area contributed by atoms with Gasteiger partial charge < -0.3 is 4.74 Å². The molecular formula is C15H15N3O2. The lowest BCUT2D eigenvalue weighted by atomic mass is 10.1. The number of methoxy groups -OCH3 is 1. The minimum atomic E-state index is -0.233. The molecule has 0 saturated heterocycles. The van der Waals surface area contributed by atoms with Gasteiger partial charge in [-0.05, 0) is 6.07 Å². The Kier molecular flexibility index (Phi) is 4.64. The highest BCUT2D eigenvalue weighted by Crippen LogP contribution is 2.15. The molecule has 0 saturated carbocycles. The minimum absolute atomic E-state index is 0.0775. The van der Waals surface area contributed by atoms with E-state index in [2.05, 4.69) is 5.10 Å². The predicted octanol–water partition coefficient (Wildman–Crippen LogP) is 1.62. The summed E-state index contributed by atoms with van der Waals surface area (Å²) in [6, 6.07) is 13.3. The fourth-order valence-corrected chi connectivity index (χ4v) is 1.89. The van der Waals surface area contributed by atoms with Gasteiger partial charge in [-0.1, -0.05) is 30.3 Å². The second-order valence-corrected chi connectivity index (χ2v) is 4.28. The summed E-state index contributed by atoms with van der Waals surface area (Å²) in [7, 11) is 1.57. The fourth-order valence-electron chi connectivity index (χ4n) is 1.89. The Morgan fingerprint density at radius 2 is 2.10 bits per heavy atom. The van der Waals surface area contributed by atoms with E-state index in [9.17, 15) is 4.79 Å². The SMILES string of the molecule is COCCn1nc(-c2ccccc2)cc(CC#N)c1=O. The predicted molar refractivity (Wildman–Crippen MR) is 75.1 cm³/mol. The number of ether oxygens (including phenoxy) is 1. The molecule has 0 unspecified atom stereocenters. The molecule has 0 radical (unpaired) electrons. The first-order valence-corrected chi connectivity index (χ1v) is 6.28. The maximum absolute atomic E-state index is 12.1. The molecule has 0 spiro atoms. The van der Waals surface area contributed by atoms with E-state index >= 15 is 0 Å². The van der Waals surface area contributed by atoms with Crippen LogP contribution >= 0.6 is 0 Å². The molecule has 1 heterocycles. The third-order valence-corrected chi connectivity index (χ3v) is 2.89. The molecule has 0 bridgehead atoms. The molecule has 1 aromatic carbocycles. The number of benzene rings is 1. The molecule has 0 aliphatic heterocycles. The summed E-state index contributed by atoms with van der Waals surface area (Å²) in [5.74, 6) is 0. The van der Waals surface area contributed by atoms with Crippen LogP contribution in [0, 0.1) is 11.3 Å². The van der Waals surface area contributed by atoms with Crippen LogP contribution in [-0.4, -0.2) is 23.5 Å². The van der Waals surface area contributed by atoms with E-state index in [-0.39, 0.29) is 12.0 Å². The van der Waals surface area contributed by atoms with Crippen LogP contribution < -0.4 is 5.56 Å². The molecule has 102 valence electrons. The summed E-state index contributed by atoms with van der Waals surface area (Å²) in [5, 5.41) is 13.2. The second-order valence-electron chi connectivity index (χ2n) is 4.28. The van der Waals surface area contributed by atoms with Crippen molar-refractivity contribution in [2.75, 3.05) is 13.7 Å². The van der Waals surface area contributed by atoms with Crippen molar-refractivity contribution in [1.29, 1.82) is 5.26 Å². The van der Waals surface area contributed by atoms with E-state index in [4.69, 9.17) is 10.00 Å². The van der Waals surface area contributed by atoms with Crippen LogP contribution in [0.2, 0.25) is 0 Å². The monoisotopic (exact) mass is 269 g/mol. The van der Waals surface area contributed by atoms with Crippen LogP contribution in [0.15, 0.2) is 41.2 Å². The Labute approximate surface area is 117 Å².